The normalized spacial score (nSPS) is 51.3. The SMILES string of the molecule is C=C(C[N+]12CCN(CC1)CC2)OC[C@]12CC[C@@H](C(=C)C)C1C1CCC3[C@@]4(C)CC[C@H](OC(=O)C[N+]56CCN(CC5)CC6)C(C)(C)C4CC[C@@]3(C)[C@]1(C)CC2. The molecule has 5 saturated carbocycles. The lowest BCUT2D eigenvalue weighted by Gasteiger charge is -2.73. The standard InChI is InChI=1S/C47H78N4O3/c1-34(2)36-11-16-47(33-53-35(3)31-50-25-19-48(20-26-50)21-27-50)18-17-45(7)37(42(36)47)9-10-39-44(6)14-13-40(43(4,5)38(44)12-15-46(39,45)8)54-41(52)32-51-28-22-49(23-29-51)24-30-51/h36-40,42H,1,3,9-33H2,2,4-8H3/q+2/t36-,37?,38?,39?,40-,42?,44-,45+,46+,47+/m0/s1. The molecule has 0 aromatic heterocycles. The molecule has 11 fully saturated rings. The highest BCUT2D eigenvalue weighted by molar-refractivity contribution is 5.71. The average Bonchev–Trinajstić information content (AvgIpc) is 3.54. The maximum atomic E-state index is 13.7. The van der Waals surface area contributed by atoms with Gasteiger partial charge in [-0.1, -0.05) is 53.3 Å². The van der Waals surface area contributed by atoms with E-state index in [1.807, 2.05) is 0 Å². The Morgan fingerprint density at radius 2 is 1.30 bits per heavy atom. The molecule has 0 radical (unpaired) electrons. The third kappa shape index (κ3) is 5.71. The second kappa shape index (κ2) is 13.0. The molecule has 5 aliphatic carbocycles. The smallest absolute Gasteiger partial charge is 0.362 e. The van der Waals surface area contributed by atoms with Crippen molar-refractivity contribution in [1.82, 2.24) is 9.80 Å². The topological polar surface area (TPSA) is 42.0 Å². The van der Waals surface area contributed by atoms with Gasteiger partial charge < -0.3 is 18.4 Å². The van der Waals surface area contributed by atoms with Crippen molar-refractivity contribution < 1.29 is 23.2 Å². The average molecular weight is 747 g/mol. The zero-order valence-electron chi connectivity index (χ0n) is 35.6. The summed E-state index contributed by atoms with van der Waals surface area (Å²) in [5, 5.41) is 0. The van der Waals surface area contributed by atoms with E-state index in [1.54, 1.807) is 0 Å². The van der Waals surface area contributed by atoms with E-state index in [1.165, 1.54) is 107 Å². The molecule has 11 rings (SSSR count). The lowest BCUT2D eigenvalue weighted by molar-refractivity contribution is -0.937. The fraction of sp³-hybridized carbons (Fsp3) is 0.894. The van der Waals surface area contributed by atoms with E-state index in [2.05, 4.69) is 64.5 Å². The van der Waals surface area contributed by atoms with Gasteiger partial charge in [0.05, 0.1) is 45.9 Å². The second-order valence-electron chi connectivity index (χ2n) is 22.7. The molecule has 10 atom stereocenters. The zero-order chi connectivity index (χ0) is 37.9. The number of hydrogen-bond donors (Lipinski definition) is 0. The predicted octanol–water partition coefficient (Wildman–Crippen LogP) is 7.38. The molecule has 302 valence electrons. The van der Waals surface area contributed by atoms with Gasteiger partial charge in [0.25, 0.3) is 0 Å². The van der Waals surface area contributed by atoms with E-state index in [0.717, 1.165) is 80.9 Å². The molecule has 54 heavy (non-hydrogen) atoms. The Morgan fingerprint density at radius 1 is 0.685 bits per heavy atom. The molecule has 6 heterocycles. The number of quaternary nitrogens is 2. The van der Waals surface area contributed by atoms with Crippen molar-refractivity contribution >= 4 is 5.97 Å². The van der Waals surface area contributed by atoms with Crippen molar-refractivity contribution in [3.63, 3.8) is 0 Å². The van der Waals surface area contributed by atoms with Crippen LogP contribution in [0.5, 0.6) is 0 Å². The van der Waals surface area contributed by atoms with Crippen molar-refractivity contribution in [3.8, 4) is 0 Å². The van der Waals surface area contributed by atoms with Crippen LogP contribution in [0.1, 0.15) is 106 Å². The van der Waals surface area contributed by atoms with Gasteiger partial charge in [-0.3, -0.25) is 9.80 Å². The number of fused-ring (bicyclic) bond motifs is 13. The molecular formula is C47H78N4O3+2. The highest BCUT2D eigenvalue weighted by Gasteiger charge is 2.71. The molecule has 0 aromatic rings. The van der Waals surface area contributed by atoms with Gasteiger partial charge >= 0.3 is 5.97 Å². The van der Waals surface area contributed by atoms with Crippen LogP contribution in [0.25, 0.3) is 0 Å². The first-order valence-electron chi connectivity index (χ1n) is 22.9. The molecule has 6 aliphatic heterocycles. The van der Waals surface area contributed by atoms with Crippen molar-refractivity contribution in [1.29, 1.82) is 0 Å². The van der Waals surface area contributed by atoms with Gasteiger partial charge in [0.2, 0.25) is 0 Å². The lowest BCUT2D eigenvalue weighted by atomic mass is 9.32. The summed E-state index contributed by atoms with van der Waals surface area (Å²) in [6.45, 7) is 41.5. The fourth-order valence-electron chi connectivity index (χ4n) is 16.8. The Kier molecular flexibility index (Phi) is 9.21. The third-order valence-electron chi connectivity index (χ3n) is 20.3. The van der Waals surface area contributed by atoms with E-state index in [-0.39, 0.29) is 28.3 Å². The summed E-state index contributed by atoms with van der Waals surface area (Å²) in [4.78, 5) is 18.9. The Bertz CT molecular complexity index is 1480. The Morgan fingerprint density at radius 3 is 1.91 bits per heavy atom. The highest BCUT2D eigenvalue weighted by Crippen LogP contribution is 2.77. The Balaban J connectivity index is 0.911. The maximum absolute atomic E-state index is 13.7. The summed E-state index contributed by atoms with van der Waals surface area (Å²) in [5.41, 5.74) is 2.58. The Hall–Kier alpha value is -1.41. The molecule has 4 unspecified atom stereocenters. The van der Waals surface area contributed by atoms with Crippen molar-refractivity contribution in [2.24, 2.45) is 56.7 Å². The zero-order valence-corrected chi connectivity index (χ0v) is 35.6. The van der Waals surface area contributed by atoms with Gasteiger partial charge in [0, 0.05) is 50.1 Å². The van der Waals surface area contributed by atoms with E-state index in [9.17, 15) is 4.79 Å². The summed E-state index contributed by atoms with van der Waals surface area (Å²) in [6.07, 6.45) is 12.7. The number of piperazine rings is 6. The maximum Gasteiger partial charge on any atom is 0.362 e. The van der Waals surface area contributed by atoms with Gasteiger partial charge in [-0.25, -0.2) is 4.79 Å². The van der Waals surface area contributed by atoms with Gasteiger partial charge in [-0.15, -0.1) is 0 Å². The molecule has 7 nitrogen and oxygen atoms in total. The van der Waals surface area contributed by atoms with Crippen LogP contribution in [-0.4, -0.2) is 129 Å². The number of esters is 1. The highest BCUT2D eigenvalue weighted by atomic mass is 16.5. The molecule has 6 saturated heterocycles. The quantitative estimate of drug-likeness (QED) is 0.107. The molecule has 11 aliphatic rings. The van der Waals surface area contributed by atoms with E-state index in [0.29, 0.717) is 35.1 Å². The number of hydrogen-bond acceptors (Lipinski definition) is 5. The summed E-state index contributed by atoms with van der Waals surface area (Å²) < 4.78 is 15.7. The number of ether oxygens (including phenoxy) is 2. The summed E-state index contributed by atoms with van der Waals surface area (Å²) >= 11 is 0. The number of carbonyl (C=O) groups is 1. The summed E-state index contributed by atoms with van der Waals surface area (Å²) in [7, 11) is 0. The van der Waals surface area contributed by atoms with Gasteiger partial charge in [0.1, 0.15) is 18.4 Å². The molecule has 0 spiro atoms. The van der Waals surface area contributed by atoms with Gasteiger partial charge in [-0.2, -0.15) is 0 Å². The summed E-state index contributed by atoms with van der Waals surface area (Å²) in [6, 6.07) is 0. The number of allylic oxidation sites excluding steroid dienone is 1. The molecule has 0 aromatic carbocycles. The number of rotatable bonds is 9. The van der Waals surface area contributed by atoms with Crippen LogP contribution >= 0.6 is 0 Å². The number of carbonyl (C=O) groups excluding carboxylic acids is 1. The van der Waals surface area contributed by atoms with E-state index >= 15 is 0 Å². The van der Waals surface area contributed by atoms with Crippen LogP contribution in [0, 0.1) is 56.7 Å². The third-order valence-corrected chi connectivity index (χ3v) is 20.3. The van der Waals surface area contributed by atoms with Crippen molar-refractivity contribution in [2.75, 3.05) is 98.2 Å². The largest absolute Gasteiger partial charge is 0.492 e. The van der Waals surface area contributed by atoms with Crippen LogP contribution in [0.3, 0.4) is 0 Å². The lowest BCUT2D eigenvalue weighted by Crippen LogP contribution is -2.69. The van der Waals surface area contributed by atoms with Crippen LogP contribution in [0.4, 0.5) is 0 Å². The molecule has 7 heteroatoms. The van der Waals surface area contributed by atoms with Crippen LogP contribution in [0.2, 0.25) is 0 Å². The first kappa shape index (κ1) is 38.1. The van der Waals surface area contributed by atoms with E-state index < -0.39 is 0 Å². The van der Waals surface area contributed by atoms with Crippen LogP contribution in [0.15, 0.2) is 24.5 Å². The minimum Gasteiger partial charge on any atom is -0.492 e. The van der Waals surface area contributed by atoms with Crippen molar-refractivity contribution in [2.45, 2.75) is 112 Å². The van der Waals surface area contributed by atoms with Crippen LogP contribution in [-0.2, 0) is 14.3 Å². The first-order chi connectivity index (χ1) is 25.6. The predicted molar refractivity (Wildman–Crippen MR) is 216 cm³/mol. The van der Waals surface area contributed by atoms with E-state index in [4.69, 9.17) is 9.47 Å². The Labute approximate surface area is 329 Å². The van der Waals surface area contributed by atoms with Crippen LogP contribution < -0.4 is 0 Å². The molecular weight excluding hydrogens is 669 g/mol. The molecule has 0 amide bonds. The molecule has 0 N–H and O–H groups in total. The number of nitrogens with zero attached hydrogens (tertiary/aromatic N) is 4. The minimum absolute atomic E-state index is 0.00673. The van der Waals surface area contributed by atoms with Gasteiger partial charge in [0.15, 0.2) is 6.54 Å². The van der Waals surface area contributed by atoms with Crippen molar-refractivity contribution in [3.05, 3.63) is 24.5 Å². The molecule has 4 bridgehead atoms. The summed E-state index contributed by atoms with van der Waals surface area (Å²) in [5.74, 6) is 4.42. The first-order valence-corrected chi connectivity index (χ1v) is 22.9. The van der Waals surface area contributed by atoms with Gasteiger partial charge in [-0.05, 0) is 117 Å². The fourth-order valence-corrected chi connectivity index (χ4v) is 16.8. The minimum atomic E-state index is -0.00673. The monoisotopic (exact) mass is 747 g/mol. The second-order valence-corrected chi connectivity index (χ2v) is 22.7.